The fourth-order valence-corrected chi connectivity index (χ4v) is 4.43. The zero-order valence-corrected chi connectivity index (χ0v) is 19.9. The Morgan fingerprint density at radius 2 is 1.64 bits per heavy atom. The molecule has 0 saturated carbocycles. The van der Waals surface area contributed by atoms with E-state index in [2.05, 4.69) is 87.1 Å². The molecule has 0 N–H and O–H groups in total. The van der Waals surface area contributed by atoms with Gasteiger partial charge in [-0.05, 0) is 64.4 Å². The maximum Gasteiger partial charge on any atom is 0.155 e. The predicted octanol–water partition coefficient (Wildman–Crippen LogP) is 7.60. The van der Waals surface area contributed by atoms with E-state index < -0.39 is 0 Å². The largest absolute Gasteiger partial charge is 0.462 e. The molecule has 0 aliphatic rings. The lowest BCUT2D eigenvalue weighted by Crippen LogP contribution is -2.12. The van der Waals surface area contributed by atoms with Crippen LogP contribution in [0.5, 0.6) is 0 Å². The average molecular weight is 436 g/mol. The SMILES string of the molecule is CC(C)Cc1nc(-c2cc(-c3cc(C(C)(C)C)c4ccccc4c3)ncn2)cc2ccoc12. The summed E-state index contributed by atoms with van der Waals surface area (Å²) >= 11 is 0. The lowest BCUT2D eigenvalue weighted by Gasteiger charge is -2.22. The summed E-state index contributed by atoms with van der Waals surface area (Å²) in [5.41, 5.74) is 6.83. The summed E-state index contributed by atoms with van der Waals surface area (Å²) in [5, 5.41) is 3.56. The van der Waals surface area contributed by atoms with Gasteiger partial charge < -0.3 is 4.42 Å². The Balaban J connectivity index is 1.65. The number of furan rings is 1. The fourth-order valence-electron chi connectivity index (χ4n) is 4.43. The Bertz CT molecular complexity index is 1460. The normalized spacial score (nSPS) is 12.2. The van der Waals surface area contributed by atoms with Crippen LogP contribution >= 0.6 is 0 Å². The first-order valence-electron chi connectivity index (χ1n) is 11.5. The summed E-state index contributed by atoms with van der Waals surface area (Å²) in [4.78, 5) is 14.1. The second kappa shape index (κ2) is 8.11. The van der Waals surface area contributed by atoms with Crippen molar-refractivity contribution in [2.24, 2.45) is 5.92 Å². The second-order valence-electron chi connectivity index (χ2n) is 10.2. The molecule has 0 spiro atoms. The van der Waals surface area contributed by atoms with E-state index in [-0.39, 0.29) is 5.41 Å². The van der Waals surface area contributed by atoms with E-state index in [1.807, 2.05) is 12.1 Å². The van der Waals surface area contributed by atoms with Gasteiger partial charge in [0.25, 0.3) is 0 Å². The van der Waals surface area contributed by atoms with Crippen molar-refractivity contribution in [3.63, 3.8) is 0 Å². The number of benzene rings is 2. The molecule has 0 atom stereocenters. The molecule has 0 aliphatic carbocycles. The minimum Gasteiger partial charge on any atom is -0.462 e. The fraction of sp³-hybridized carbons (Fsp3) is 0.276. The highest BCUT2D eigenvalue weighted by molar-refractivity contribution is 5.91. The van der Waals surface area contributed by atoms with Crippen LogP contribution in [0.3, 0.4) is 0 Å². The van der Waals surface area contributed by atoms with Crippen LogP contribution in [-0.2, 0) is 11.8 Å². The Labute approximate surface area is 194 Å². The van der Waals surface area contributed by atoms with Crippen molar-refractivity contribution < 1.29 is 4.42 Å². The van der Waals surface area contributed by atoms with Gasteiger partial charge in [-0.1, -0.05) is 58.9 Å². The van der Waals surface area contributed by atoms with E-state index in [0.717, 1.165) is 45.7 Å². The van der Waals surface area contributed by atoms with Crippen molar-refractivity contribution >= 4 is 21.7 Å². The summed E-state index contributed by atoms with van der Waals surface area (Å²) in [7, 11) is 0. The molecule has 0 bridgehead atoms. The monoisotopic (exact) mass is 435 g/mol. The van der Waals surface area contributed by atoms with Gasteiger partial charge in [0.15, 0.2) is 5.58 Å². The van der Waals surface area contributed by atoms with Crippen molar-refractivity contribution in [1.82, 2.24) is 15.0 Å². The third kappa shape index (κ3) is 4.13. The van der Waals surface area contributed by atoms with E-state index in [1.165, 1.54) is 16.3 Å². The topological polar surface area (TPSA) is 51.8 Å². The van der Waals surface area contributed by atoms with Gasteiger partial charge >= 0.3 is 0 Å². The van der Waals surface area contributed by atoms with Crippen LogP contribution in [0.15, 0.2) is 71.6 Å². The van der Waals surface area contributed by atoms with Gasteiger partial charge in [0.2, 0.25) is 0 Å². The maximum atomic E-state index is 5.72. The van der Waals surface area contributed by atoms with E-state index in [1.54, 1.807) is 12.6 Å². The molecular weight excluding hydrogens is 406 g/mol. The van der Waals surface area contributed by atoms with Crippen LogP contribution in [0.4, 0.5) is 0 Å². The summed E-state index contributed by atoms with van der Waals surface area (Å²) in [6.45, 7) is 11.1. The lowest BCUT2D eigenvalue weighted by atomic mass is 9.82. The van der Waals surface area contributed by atoms with Crippen LogP contribution in [0.2, 0.25) is 0 Å². The van der Waals surface area contributed by atoms with Crippen molar-refractivity contribution in [1.29, 1.82) is 0 Å². The Morgan fingerprint density at radius 1 is 0.848 bits per heavy atom. The molecule has 0 aliphatic heterocycles. The van der Waals surface area contributed by atoms with E-state index in [9.17, 15) is 0 Å². The highest BCUT2D eigenvalue weighted by Gasteiger charge is 2.19. The molecule has 5 aromatic rings. The van der Waals surface area contributed by atoms with E-state index >= 15 is 0 Å². The zero-order chi connectivity index (χ0) is 23.2. The summed E-state index contributed by atoms with van der Waals surface area (Å²) in [6, 6.07) is 19.1. The van der Waals surface area contributed by atoms with E-state index in [4.69, 9.17) is 9.40 Å². The molecule has 166 valence electrons. The Hall–Kier alpha value is -3.53. The molecule has 0 radical (unpaired) electrons. The summed E-state index contributed by atoms with van der Waals surface area (Å²) in [6.07, 6.45) is 4.23. The molecule has 0 fully saturated rings. The van der Waals surface area contributed by atoms with Crippen LogP contribution in [0, 0.1) is 5.92 Å². The number of pyridine rings is 1. The number of fused-ring (bicyclic) bond motifs is 2. The molecule has 4 nitrogen and oxygen atoms in total. The number of hydrogen-bond donors (Lipinski definition) is 0. The van der Waals surface area contributed by atoms with Crippen molar-refractivity contribution in [2.75, 3.05) is 0 Å². The van der Waals surface area contributed by atoms with Gasteiger partial charge in [0, 0.05) is 10.9 Å². The molecule has 2 aromatic carbocycles. The standard InChI is InChI=1S/C29H29N3O/c1-18(2)12-27-28-20(10-11-33-28)15-26(32-27)25-16-24(30-17-31-25)21-13-19-8-6-7-9-22(19)23(14-21)29(3,4)5/h6-11,13-18H,12H2,1-5H3. The van der Waals surface area contributed by atoms with Gasteiger partial charge in [0.05, 0.1) is 29.0 Å². The third-order valence-corrected chi connectivity index (χ3v) is 6.00. The molecule has 33 heavy (non-hydrogen) atoms. The van der Waals surface area contributed by atoms with Crippen LogP contribution in [-0.4, -0.2) is 15.0 Å². The lowest BCUT2D eigenvalue weighted by molar-refractivity contribution is 0.588. The minimum absolute atomic E-state index is 0.0189. The summed E-state index contributed by atoms with van der Waals surface area (Å²) < 4.78 is 5.72. The van der Waals surface area contributed by atoms with Crippen molar-refractivity contribution in [3.8, 4) is 22.6 Å². The smallest absolute Gasteiger partial charge is 0.155 e. The first-order valence-corrected chi connectivity index (χ1v) is 11.5. The highest BCUT2D eigenvalue weighted by atomic mass is 16.3. The van der Waals surface area contributed by atoms with Gasteiger partial charge in [0.1, 0.15) is 6.33 Å². The highest BCUT2D eigenvalue weighted by Crippen LogP contribution is 2.35. The maximum absolute atomic E-state index is 5.72. The van der Waals surface area contributed by atoms with Crippen molar-refractivity contribution in [2.45, 2.75) is 46.5 Å². The Morgan fingerprint density at radius 3 is 2.42 bits per heavy atom. The molecular formula is C29H29N3O. The number of hydrogen-bond acceptors (Lipinski definition) is 4. The van der Waals surface area contributed by atoms with Crippen LogP contribution < -0.4 is 0 Å². The number of aromatic nitrogens is 3. The molecule has 5 rings (SSSR count). The van der Waals surface area contributed by atoms with Gasteiger partial charge in [-0.15, -0.1) is 0 Å². The first kappa shape index (κ1) is 21.3. The number of nitrogens with zero attached hydrogens (tertiary/aromatic N) is 3. The molecule has 0 saturated heterocycles. The average Bonchev–Trinajstić information content (AvgIpc) is 3.26. The zero-order valence-electron chi connectivity index (χ0n) is 19.9. The summed E-state index contributed by atoms with van der Waals surface area (Å²) in [5.74, 6) is 0.482. The van der Waals surface area contributed by atoms with Crippen molar-refractivity contribution in [3.05, 3.63) is 78.4 Å². The van der Waals surface area contributed by atoms with Crippen LogP contribution in [0.25, 0.3) is 44.4 Å². The predicted molar refractivity (Wildman–Crippen MR) is 135 cm³/mol. The third-order valence-electron chi connectivity index (χ3n) is 6.00. The minimum atomic E-state index is 0.0189. The first-order chi connectivity index (χ1) is 15.8. The molecule has 3 heterocycles. The second-order valence-corrected chi connectivity index (χ2v) is 10.2. The number of rotatable bonds is 4. The molecule has 4 heteroatoms. The Kier molecular flexibility index (Phi) is 5.24. The van der Waals surface area contributed by atoms with Gasteiger partial charge in [-0.3, -0.25) is 0 Å². The van der Waals surface area contributed by atoms with E-state index in [0.29, 0.717) is 5.92 Å². The van der Waals surface area contributed by atoms with Gasteiger partial charge in [-0.25, -0.2) is 15.0 Å². The molecule has 0 amide bonds. The van der Waals surface area contributed by atoms with Gasteiger partial charge in [-0.2, -0.15) is 0 Å². The molecule has 0 unspecified atom stereocenters. The quantitative estimate of drug-likeness (QED) is 0.292. The molecule has 3 aromatic heterocycles. The van der Waals surface area contributed by atoms with Crippen LogP contribution in [0.1, 0.15) is 45.9 Å².